The van der Waals surface area contributed by atoms with Crippen LogP contribution in [0.25, 0.3) is 0 Å². The molecular formula is C13H17NO2S. The molecule has 0 heterocycles. The van der Waals surface area contributed by atoms with E-state index in [0.29, 0.717) is 11.1 Å². The fraction of sp³-hybridized carbons (Fsp3) is 0.462. The summed E-state index contributed by atoms with van der Waals surface area (Å²) < 4.78 is 24.2. The van der Waals surface area contributed by atoms with Crippen LogP contribution in [0.3, 0.4) is 0 Å². The molecule has 0 saturated carbocycles. The number of hydrogen-bond donors (Lipinski definition) is 0. The number of hydrogen-bond acceptors (Lipinski definition) is 3. The summed E-state index contributed by atoms with van der Waals surface area (Å²) in [6.07, 6.45) is 0. The van der Waals surface area contributed by atoms with Crippen molar-refractivity contribution in [2.75, 3.05) is 0 Å². The Morgan fingerprint density at radius 2 is 1.82 bits per heavy atom. The molecule has 1 aromatic rings. The van der Waals surface area contributed by atoms with Crippen molar-refractivity contribution in [1.29, 1.82) is 5.26 Å². The van der Waals surface area contributed by atoms with Crippen molar-refractivity contribution < 1.29 is 8.42 Å². The Morgan fingerprint density at radius 1 is 1.24 bits per heavy atom. The van der Waals surface area contributed by atoms with Gasteiger partial charge in [0, 0.05) is 0 Å². The molecule has 0 aromatic heterocycles. The van der Waals surface area contributed by atoms with Gasteiger partial charge in [-0.05, 0) is 24.5 Å². The van der Waals surface area contributed by atoms with Crippen LogP contribution in [-0.4, -0.2) is 13.7 Å². The quantitative estimate of drug-likeness (QED) is 0.826. The molecule has 1 aromatic carbocycles. The van der Waals surface area contributed by atoms with Gasteiger partial charge in [0.2, 0.25) is 0 Å². The van der Waals surface area contributed by atoms with Gasteiger partial charge in [0.05, 0.1) is 22.6 Å². The zero-order valence-corrected chi connectivity index (χ0v) is 11.2. The molecule has 92 valence electrons. The molecule has 0 aliphatic carbocycles. The van der Waals surface area contributed by atoms with E-state index in [4.69, 9.17) is 5.26 Å². The predicted molar refractivity (Wildman–Crippen MR) is 68.1 cm³/mol. The standard InChI is InChI=1S/C13H17NO2S/c1-10(2)11(3)17(15,16)9-13-7-5-4-6-12(13)8-14/h4-7,10-11H,9H2,1-3H3. The van der Waals surface area contributed by atoms with Gasteiger partial charge in [-0.1, -0.05) is 32.0 Å². The highest BCUT2D eigenvalue weighted by Crippen LogP contribution is 2.19. The second-order valence-corrected chi connectivity index (χ2v) is 6.88. The summed E-state index contributed by atoms with van der Waals surface area (Å²) >= 11 is 0. The molecule has 1 unspecified atom stereocenters. The Balaban J connectivity index is 3.03. The third-order valence-corrected chi connectivity index (χ3v) is 5.39. The summed E-state index contributed by atoms with van der Waals surface area (Å²) in [5, 5.41) is 8.52. The molecule has 0 saturated heterocycles. The Bertz CT molecular complexity index is 527. The van der Waals surface area contributed by atoms with Crippen molar-refractivity contribution in [3.8, 4) is 6.07 Å². The van der Waals surface area contributed by atoms with Crippen molar-refractivity contribution in [3.63, 3.8) is 0 Å². The summed E-state index contributed by atoms with van der Waals surface area (Å²) in [6.45, 7) is 5.49. The van der Waals surface area contributed by atoms with Crippen LogP contribution in [0, 0.1) is 17.2 Å². The Morgan fingerprint density at radius 3 is 2.35 bits per heavy atom. The first-order valence-electron chi connectivity index (χ1n) is 5.58. The van der Waals surface area contributed by atoms with Gasteiger partial charge in [-0.25, -0.2) is 8.42 Å². The number of nitrogens with zero attached hydrogens (tertiary/aromatic N) is 1. The maximum atomic E-state index is 12.1. The zero-order chi connectivity index (χ0) is 13.1. The molecule has 0 aliphatic heterocycles. The van der Waals surface area contributed by atoms with Crippen LogP contribution in [0.5, 0.6) is 0 Å². The third kappa shape index (κ3) is 3.31. The Hall–Kier alpha value is -1.34. The topological polar surface area (TPSA) is 57.9 Å². The fourth-order valence-electron chi connectivity index (χ4n) is 1.52. The first-order valence-corrected chi connectivity index (χ1v) is 7.29. The lowest BCUT2D eigenvalue weighted by molar-refractivity contribution is 0.545. The first kappa shape index (κ1) is 13.7. The van der Waals surface area contributed by atoms with E-state index in [1.807, 2.05) is 19.9 Å². The zero-order valence-electron chi connectivity index (χ0n) is 10.3. The van der Waals surface area contributed by atoms with Gasteiger partial charge in [0.15, 0.2) is 9.84 Å². The lowest BCUT2D eigenvalue weighted by Gasteiger charge is -2.16. The minimum Gasteiger partial charge on any atom is -0.228 e. The van der Waals surface area contributed by atoms with Crippen LogP contribution in [0.1, 0.15) is 31.9 Å². The summed E-state index contributed by atoms with van der Waals surface area (Å²) in [7, 11) is -3.20. The number of nitriles is 1. The second-order valence-electron chi connectivity index (χ2n) is 4.53. The van der Waals surface area contributed by atoms with Crippen LogP contribution in [0.4, 0.5) is 0 Å². The van der Waals surface area contributed by atoms with E-state index in [1.54, 1.807) is 31.2 Å². The van der Waals surface area contributed by atoms with Gasteiger partial charge in [-0.15, -0.1) is 0 Å². The first-order chi connectivity index (χ1) is 7.88. The summed E-state index contributed by atoms with van der Waals surface area (Å²) in [5.41, 5.74) is 1.02. The molecule has 0 N–H and O–H groups in total. The van der Waals surface area contributed by atoms with Crippen molar-refractivity contribution in [2.24, 2.45) is 5.92 Å². The minimum atomic E-state index is -3.20. The van der Waals surface area contributed by atoms with Crippen LogP contribution < -0.4 is 0 Å². The summed E-state index contributed by atoms with van der Waals surface area (Å²) in [6, 6.07) is 8.86. The third-order valence-electron chi connectivity index (χ3n) is 3.00. The Labute approximate surface area is 103 Å². The SMILES string of the molecule is CC(C)C(C)S(=O)(=O)Cc1ccccc1C#N. The van der Waals surface area contributed by atoms with Crippen molar-refractivity contribution in [1.82, 2.24) is 0 Å². The molecule has 17 heavy (non-hydrogen) atoms. The van der Waals surface area contributed by atoms with E-state index < -0.39 is 15.1 Å². The van der Waals surface area contributed by atoms with Crippen LogP contribution in [-0.2, 0) is 15.6 Å². The minimum absolute atomic E-state index is 0.0594. The fourth-order valence-corrected chi connectivity index (χ4v) is 3.30. The predicted octanol–water partition coefficient (Wildman–Crippen LogP) is 2.52. The average Bonchev–Trinajstić information content (AvgIpc) is 2.28. The second kappa shape index (κ2) is 5.33. The van der Waals surface area contributed by atoms with Crippen LogP contribution in [0.15, 0.2) is 24.3 Å². The average molecular weight is 251 g/mol. The van der Waals surface area contributed by atoms with Gasteiger partial charge < -0.3 is 0 Å². The lowest BCUT2D eigenvalue weighted by atomic mass is 10.1. The monoisotopic (exact) mass is 251 g/mol. The maximum absolute atomic E-state index is 12.1. The van der Waals surface area contributed by atoms with Crippen molar-refractivity contribution in [3.05, 3.63) is 35.4 Å². The highest BCUT2D eigenvalue weighted by Gasteiger charge is 2.24. The van der Waals surface area contributed by atoms with Gasteiger partial charge in [0.1, 0.15) is 0 Å². The van der Waals surface area contributed by atoms with E-state index in [0.717, 1.165) is 0 Å². The molecule has 0 radical (unpaired) electrons. The molecule has 0 spiro atoms. The molecular weight excluding hydrogens is 234 g/mol. The lowest BCUT2D eigenvalue weighted by Crippen LogP contribution is -2.25. The maximum Gasteiger partial charge on any atom is 0.157 e. The molecule has 4 heteroatoms. The van der Waals surface area contributed by atoms with Gasteiger partial charge in [-0.3, -0.25) is 0 Å². The molecule has 1 atom stereocenters. The molecule has 0 aliphatic rings. The summed E-state index contributed by atoms with van der Waals surface area (Å²) in [4.78, 5) is 0. The normalized spacial score (nSPS) is 13.4. The highest BCUT2D eigenvalue weighted by atomic mass is 32.2. The number of benzene rings is 1. The largest absolute Gasteiger partial charge is 0.228 e. The Kier molecular flexibility index (Phi) is 4.30. The van der Waals surface area contributed by atoms with E-state index >= 15 is 0 Å². The smallest absolute Gasteiger partial charge is 0.157 e. The van der Waals surface area contributed by atoms with Crippen LogP contribution >= 0.6 is 0 Å². The molecule has 3 nitrogen and oxygen atoms in total. The molecule has 1 rings (SSSR count). The number of rotatable bonds is 4. The van der Waals surface area contributed by atoms with Crippen molar-refractivity contribution in [2.45, 2.75) is 31.8 Å². The summed E-state index contributed by atoms with van der Waals surface area (Å²) in [5.74, 6) is 0.0186. The van der Waals surface area contributed by atoms with Gasteiger partial charge in [0.25, 0.3) is 0 Å². The van der Waals surface area contributed by atoms with E-state index in [2.05, 4.69) is 0 Å². The van der Waals surface area contributed by atoms with Crippen LogP contribution in [0.2, 0.25) is 0 Å². The van der Waals surface area contributed by atoms with Gasteiger partial charge in [-0.2, -0.15) is 5.26 Å². The van der Waals surface area contributed by atoms with E-state index in [9.17, 15) is 8.42 Å². The molecule has 0 amide bonds. The number of sulfone groups is 1. The van der Waals surface area contributed by atoms with Gasteiger partial charge >= 0.3 is 0 Å². The highest BCUT2D eigenvalue weighted by molar-refractivity contribution is 7.91. The molecule has 0 fully saturated rings. The van der Waals surface area contributed by atoms with E-state index in [1.165, 1.54) is 0 Å². The van der Waals surface area contributed by atoms with Crippen molar-refractivity contribution >= 4 is 9.84 Å². The molecule has 0 bridgehead atoms. The van der Waals surface area contributed by atoms with E-state index in [-0.39, 0.29) is 11.7 Å².